The van der Waals surface area contributed by atoms with Gasteiger partial charge < -0.3 is 19.6 Å². The summed E-state index contributed by atoms with van der Waals surface area (Å²) in [5, 5.41) is 9.42. The van der Waals surface area contributed by atoms with Crippen LogP contribution in [-0.2, 0) is 16.1 Å². The molecule has 0 saturated carbocycles. The second kappa shape index (κ2) is 6.10. The van der Waals surface area contributed by atoms with Crippen LogP contribution in [0.4, 0.5) is 10.5 Å². The lowest BCUT2D eigenvalue weighted by atomic mass is 10.1. The van der Waals surface area contributed by atoms with Gasteiger partial charge in [-0.25, -0.2) is 9.78 Å². The highest BCUT2D eigenvalue weighted by Crippen LogP contribution is 2.32. The molecule has 0 atom stereocenters. The highest BCUT2D eigenvalue weighted by atomic mass is 16.6. The molecule has 1 aromatic heterocycles. The number of carbonyl (C=O) groups is 1. The van der Waals surface area contributed by atoms with Gasteiger partial charge in [-0.3, -0.25) is 4.90 Å². The SMILES string of the molecule is COCCN1C(=O)OCc2cc3[nH]c(-c4ccc(O)cc4)nc3cc21. The van der Waals surface area contributed by atoms with Crippen LogP contribution in [0, 0.1) is 0 Å². The topological polar surface area (TPSA) is 87.7 Å². The maximum atomic E-state index is 12.1. The second-order valence-corrected chi connectivity index (χ2v) is 5.83. The predicted molar refractivity (Wildman–Crippen MR) is 92.6 cm³/mol. The van der Waals surface area contributed by atoms with E-state index < -0.39 is 0 Å². The third kappa shape index (κ3) is 2.78. The number of nitrogens with one attached hydrogen (secondary N) is 1. The van der Waals surface area contributed by atoms with Gasteiger partial charge in [-0.05, 0) is 36.4 Å². The van der Waals surface area contributed by atoms with E-state index in [1.165, 1.54) is 0 Å². The van der Waals surface area contributed by atoms with Gasteiger partial charge in [-0.2, -0.15) is 0 Å². The molecule has 1 aliphatic heterocycles. The van der Waals surface area contributed by atoms with E-state index in [4.69, 9.17) is 9.47 Å². The van der Waals surface area contributed by atoms with Crippen molar-refractivity contribution in [2.24, 2.45) is 0 Å². The van der Waals surface area contributed by atoms with E-state index in [1.54, 1.807) is 36.3 Å². The number of carbonyl (C=O) groups excluding carboxylic acids is 1. The number of anilines is 1. The molecule has 0 aliphatic carbocycles. The zero-order valence-electron chi connectivity index (χ0n) is 13.7. The first-order valence-corrected chi connectivity index (χ1v) is 7.91. The largest absolute Gasteiger partial charge is 0.508 e. The number of phenolic OH excluding ortho intramolecular Hbond substituents is 1. The third-order valence-electron chi connectivity index (χ3n) is 4.20. The molecule has 0 fully saturated rings. The molecule has 128 valence electrons. The number of imidazole rings is 1. The van der Waals surface area contributed by atoms with Crippen molar-refractivity contribution in [3.8, 4) is 17.1 Å². The van der Waals surface area contributed by atoms with Crippen molar-refractivity contribution >= 4 is 22.8 Å². The maximum Gasteiger partial charge on any atom is 0.414 e. The molecule has 0 radical (unpaired) electrons. The minimum atomic E-state index is -0.377. The molecule has 1 amide bonds. The molecule has 2 aromatic carbocycles. The molecule has 25 heavy (non-hydrogen) atoms. The summed E-state index contributed by atoms with van der Waals surface area (Å²) in [5.74, 6) is 0.910. The van der Waals surface area contributed by atoms with Gasteiger partial charge in [-0.15, -0.1) is 0 Å². The molecule has 2 N–H and O–H groups in total. The summed E-state index contributed by atoms with van der Waals surface area (Å²) in [5.41, 5.74) is 4.22. The number of aromatic hydroxyl groups is 1. The fourth-order valence-corrected chi connectivity index (χ4v) is 2.92. The molecule has 0 bridgehead atoms. The number of nitrogens with zero attached hydrogens (tertiary/aromatic N) is 2. The Balaban J connectivity index is 1.76. The summed E-state index contributed by atoms with van der Waals surface area (Å²) in [6.45, 7) is 1.08. The number of amides is 1. The number of aromatic amines is 1. The van der Waals surface area contributed by atoms with E-state index in [9.17, 15) is 9.90 Å². The lowest BCUT2D eigenvalue weighted by Crippen LogP contribution is -2.38. The molecular weight excluding hydrogens is 322 g/mol. The summed E-state index contributed by atoms with van der Waals surface area (Å²) >= 11 is 0. The minimum Gasteiger partial charge on any atom is -0.508 e. The lowest BCUT2D eigenvalue weighted by molar-refractivity contribution is 0.137. The fraction of sp³-hybridized carbons (Fsp3) is 0.222. The van der Waals surface area contributed by atoms with E-state index in [0.717, 1.165) is 27.8 Å². The first-order valence-electron chi connectivity index (χ1n) is 7.91. The van der Waals surface area contributed by atoms with E-state index in [1.807, 2.05) is 12.1 Å². The molecule has 2 heterocycles. The van der Waals surface area contributed by atoms with E-state index in [-0.39, 0.29) is 18.4 Å². The number of fused-ring (bicyclic) bond motifs is 2. The van der Waals surface area contributed by atoms with Crippen molar-refractivity contribution in [3.05, 3.63) is 42.0 Å². The fourth-order valence-electron chi connectivity index (χ4n) is 2.92. The molecule has 0 unspecified atom stereocenters. The van der Waals surface area contributed by atoms with Crippen molar-refractivity contribution in [2.45, 2.75) is 6.61 Å². The van der Waals surface area contributed by atoms with Gasteiger partial charge in [0.25, 0.3) is 0 Å². The number of H-pyrrole nitrogens is 1. The van der Waals surface area contributed by atoms with Crippen molar-refractivity contribution in [3.63, 3.8) is 0 Å². The van der Waals surface area contributed by atoms with Crippen molar-refractivity contribution in [1.29, 1.82) is 0 Å². The highest BCUT2D eigenvalue weighted by molar-refractivity contribution is 5.94. The van der Waals surface area contributed by atoms with Gasteiger partial charge in [0, 0.05) is 18.2 Å². The van der Waals surface area contributed by atoms with Gasteiger partial charge in [0.1, 0.15) is 18.2 Å². The zero-order valence-corrected chi connectivity index (χ0v) is 13.7. The van der Waals surface area contributed by atoms with Crippen molar-refractivity contribution in [2.75, 3.05) is 25.2 Å². The Hall–Kier alpha value is -3.06. The normalized spacial score (nSPS) is 13.8. The Bertz CT molecular complexity index is 933. The van der Waals surface area contributed by atoms with Crippen LogP contribution in [0.25, 0.3) is 22.4 Å². The molecule has 3 aromatic rings. The van der Waals surface area contributed by atoms with Crippen LogP contribution in [0.2, 0.25) is 0 Å². The van der Waals surface area contributed by atoms with Crippen molar-refractivity contribution < 1.29 is 19.4 Å². The van der Waals surface area contributed by atoms with E-state index >= 15 is 0 Å². The standard InChI is InChI=1S/C18H17N3O4/c1-24-7-6-21-16-9-15-14(8-12(16)10-25-18(21)23)19-17(20-15)11-2-4-13(22)5-3-11/h2-5,8-9,22H,6-7,10H2,1H3,(H,19,20). The van der Waals surface area contributed by atoms with E-state index in [2.05, 4.69) is 9.97 Å². The van der Waals surface area contributed by atoms with Gasteiger partial charge in [0.15, 0.2) is 0 Å². The van der Waals surface area contributed by atoms with Crippen LogP contribution in [-0.4, -0.2) is 41.4 Å². The Morgan fingerprint density at radius 3 is 2.88 bits per heavy atom. The molecule has 7 heteroatoms. The predicted octanol–water partition coefficient (Wildman–Crippen LogP) is 3.04. The molecule has 0 spiro atoms. The van der Waals surface area contributed by atoms with Gasteiger partial charge in [-0.1, -0.05) is 0 Å². The highest BCUT2D eigenvalue weighted by Gasteiger charge is 2.26. The van der Waals surface area contributed by atoms with Crippen molar-refractivity contribution in [1.82, 2.24) is 9.97 Å². The molecule has 4 rings (SSSR count). The number of ether oxygens (including phenoxy) is 2. The molecule has 7 nitrogen and oxygen atoms in total. The third-order valence-corrected chi connectivity index (χ3v) is 4.20. The summed E-state index contributed by atoms with van der Waals surface area (Å²) in [7, 11) is 1.59. The Kier molecular flexibility index (Phi) is 3.77. The molecular formula is C18H17N3O4. The van der Waals surface area contributed by atoms with Crippen LogP contribution >= 0.6 is 0 Å². The molecule has 0 saturated heterocycles. The van der Waals surface area contributed by atoms with Crippen LogP contribution < -0.4 is 4.90 Å². The first-order chi connectivity index (χ1) is 12.2. The number of aromatic nitrogens is 2. The van der Waals surface area contributed by atoms with Crippen LogP contribution in [0.15, 0.2) is 36.4 Å². The average Bonchev–Trinajstić information content (AvgIpc) is 3.03. The molecule has 1 aliphatic rings. The summed E-state index contributed by atoms with van der Waals surface area (Å²) in [6, 6.07) is 10.7. The summed E-state index contributed by atoms with van der Waals surface area (Å²) in [6.07, 6.45) is -0.377. The van der Waals surface area contributed by atoms with Crippen LogP contribution in [0.5, 0.6) is 5.75 Å². The number of hydrogen-bond donors (Lipinski definition) is 2. The van der Waals surface area contributed by atoms with Gasteiger partial charge >= 0.3 is 6.09 Å². The summed E-state index contributed by atoms with van der Waals surface area (Å²) in [4.78, 5) is 21.5. The number of hydrogen-bond acceptors (Lipinski definition) is 5. The lowest BCUT2D eigenvalue weighted by Gasteiger charge is -2.28. The second-order valence-electron chi connectivity index (χ2n) is 5.83. The Labute approximate surface area is 143 Å². The number of methoxy groups -OCH3 is 1. The number of cyclic esters (lactones) is 1. The summed E-state index contributed by atoms with van der Waals surface area (Å²) < 4.78 is 10.3. The minimum absolute atomic E-state index is 0.208. The Morgan fingerprint density at radius 2 is 2.12 bits per heavy atom. The van der Waals surface area contributed by atoms with E-state index in [0.29, 0.717) is 19.0 Å². The zero-order chi connectivity index (χ0) is 17.4. The number of phenols is 1. The van der Waals surface area contributed by atoms with Crippen LogP contribution in [0.1, 0.15) is 5.56 Å². The van der Waals surface area contributed by atoms with Crippen LogP contribution in [0.3, 0.4) is 0 Å². The first kappa shape index (κ1) is 15.5. The number of rotatable bonds is 4. The number of benzene rings is 2. The maximum absolute atomic E-state index is 12.1. The monoisotopic (exact) mass is 339 g/mol. The average molecular weight is 339 g/mol. The Morgan fingerprint density at radius 1 is 1.32 bits per heavy atom. The van der Waals surface area contributed by atoms with Gasteiger partial charge in [0.2, 0.25) is 0 Å². The quantitative estimate of drug-likeness (QED) is 0.763. The van der Waals surface area contributed by atoms with Gasteiger partial charge in [0.05, 0.1) is 29.9 Å². The smallest absolute Gasteiger partial charge is 0.414 e.